The van der Waals surface area contributed by atoms with Gasteiger partial charge in [0.1, 0.15) is 0 Å². The Bertz CT molecular complexity index is 251. The number of hydrogen-bond acceptors (Lipinski definition) is 3. The van der Waals surface area contributed by atoms with E-state index in [0.717, 1.165) is 5.56 Å². The van der Waals surface area contributed by atoms with Crippen molar-refractivity contribution in [3.8, 4) is 0 Å². The molecule has 0 unspecified atom stereocenters. The maximum atomic E-state index is 8.31. The van der Waals surface area contributed by atoms with Crippen LogP contribution in [0.5, 0.6) is 0 Å². The van der Waals surface area contributed by atoms with Gasteiger partial charge in [0.2, 0.25) is 0 Å². The minimum absolute atomic E-state index is 0. The van der Waals surface area contributed by atoms with Gasteiger partial charge in [-0.1, -0.05) is 30.3 Å². The zero-order valence-electron chi connectivity index (χ0n) is 6.42. The molecule has 0 amide bonds. The molecule has 0 atom stereocenters. The Hall–Kier alpha value is -0.255. The average molecular weight is 188 g/mol. The van der Waals surface area contributed by atoms with Crippen molar-refractivity contribution in [3.63, 3.8) is 0 Å². The molecule has 2 N–H and O–H groups in total. The van der Waals surface area contributed by atoms with Crippen molar-refractivity contribution >= 4 is 43.0 Å². The summed E-state index contributed by atoms with van der Waals surface area (Å²) in [7, 11) is -1.75. The van der Waals surface area contributed by atoms with E-state index in [1.165, 1.54) is 6.26 Å². The zero-order valence-corrected chi connectivity index (χ0v) is 6.42. The molecular weight excluding hydrogens is 178 g/mol. The van der Waals surface area contributed by atoms with E-state index in [0.29, 0.717) is 0 Å². The molecule has 5 heteroatoms. The first-order chi connectivity index (χ1) is 5.79. The third kappa shape index (κ3) is 5.90. The standard InChI is InChI=1S/C8H9BO3.Na.H/c10-9(11)12-7-6-8-4-2-1-3-5-8;;/h1-7,10-11H;;. The molecule has 0 spiro atoms. The molecule has 3 nitrogen and oxygen atoms in total. The molecule has 0 saturated carbocycles. The predicted molar refractivity (Wildman–Crippen MR) is 53.9 cm³/mol. The van der Waals surface area contributed by atoms with Gasteiger partial charge in [-0.25, -0.2) is 0 Å². The van der Waals surface area contributed by atoms with Gasteiger partial charge < -0.3 is 14.7 Å². The molecule has 0 heterocycles. The van der Waals surface area contributed by atoms with Gasteiger partial charge in [-0.05, 0) is 11.6 Å². The summed E-state index contributed by atoms with van der Waals surface area (Å²) >= 11 is 0. The van der Waals surface area contributed by atoms with Crippen LogP contribution in [0.15, 0.2) is 36.6 Å². The van der Waals surface area contributed by atoms with Crippen LogP contribution < -0.4 is 0 Å². The third-order valence-corrected chi connectivity index (χ3v) is 1.26. The molecule has 0 saturated heterocycles. The van der Waals surface area contributed by atoms with Crippen molar-refractivity contribution in [3.05, 3.63) is 42.2 Å². The molecule has 0 bridgehead atoms. The molecule has 1 aromatic rings. The molecule has 13 heavy (non-hydrogen) atoms. The van der Waals surface area contributed by atoms with Crippen molar-refractivity contribution < 1.29 is 14.7 Å². The van der Waals surface area contributed by atoms with Crippen molar-refractivity contribution in [2.24, 2.45) is 0 Å². The molecule has 1 rings (SSSR count). The van der Waals surface area contributed by atoms with E-state index in [2.05, 4.69) is 4.65 Å². The van der Waals surface area contributed by atoms with Crippen LogP contribution in [0.4, 0.5) is 0 Å². The van der Waals surface area contributed by atoms with E-state index < -0.39 is 7.32 Å². The van der Waals surface area contributed by atoms with Crippen molar-refractivity contribution in [1.29, 1.82) is 0 Å². The topological polar surface area (TPSA) is 49.7 Å². The monoisotopic (exact) mass is 188 g/mol. The molecule has 0 fully saturated rings. The molecule has 0 aliphatic carbocycles. The summed E-state index contributed by atoms with van der Waals surface area (Å²) in [4.78, 5) is 0. The predicted octanol–water partition coefficient (Wildman–Crippen LogP) is -0.00510. The minimum atomic E-state index is -1.75. The molecular formula is C8H10BNaO3. The fourth-order valence-corrected chi connectivity index (χ4v) is 0.752. The second-order valence-electron chi connectivity index (χ2n) is 2.18. The van der Waals surface area contributed by atoms with E-state index >= 15 is 0 Å². The number of rotatable bonds is 3. The molecule has 0 radical (unpaired) electrons. The van der Waals surface area contributed by atoms with Crippen LogP contribution in [0.25, 0.3) is 6.08 Å². The summed E-state index contributed by atoms with van der Waals surface area (Å²) in [5.74, 6) is 0. The van der Waals surface area contributed by atoms with Crippen LogP contribution in [-0.4, -0.2) is 46.9 Å². The average Bonchev–Trinajstić information content (AvgIpc) is 2.05. The van der Waals surface area contributed by atoms with Crippen LogP contribution in [-0.2, 0) is 4.65 Å². The Labute approximate surface area is 99.5 Å². The third-order valence-electron chi connectivity index (χ3n) is 1.26. The Morgan fingerprint density at radius 2 is 1.77 bits per heavy atom. The van der Waals surface area contributed by atoms with Crippen molar-refractivity contribution in [1.82, 2.24) is 0 Å². The molecule has 1 aromatic carbocycles. The van der Waals surface area contributed by atoms with E-state index in [-0.39, 0.29) is 29.6 Å². The first-order valence-corrected chi connectivity index (χ1v) is 3.52. The van der Waals surface area contributed by atoms with E-state index in [1.54, 1.807) is 6.08 Å². The van der Waals surface area contributed by atoms with Gasteiger partial charge in [-0.2, -0.15) is 0 Å². The van der Waals surface area contributed by atoms with E-state index in [1.807, 2.05) is 30.3 Å². The first-order valence-electron chi connectivity index (χ1n) is 3.52. The van der Waals surface area contributed by atoms with Crippen molar-refractivity contribution in [2.75, 3.05) is 0 Å². The van der Waals surface area contributed by atoms with Crippen LogP contribution in [0.1, 0.15) is 5.56 Å². The molecule has 0 aromatic heterocycles. The summed E-state index contributed by atoms with van der Waals surface area (Å²) in [5.41, 5.74) is 0.943. The van der Waals surface area contributed by atoms with Gasteiger partial charge in [-0.3, -0.25) is 0 Å². The maximum absolute atomic E-state index is 8.31. The summed E-state index contributed by atoms with van der Waals surface area (Å²) in [6, 6.07) is 9.43. The van der Waals surface area contributed by atoms with Crippen LogP contribution in [0.2, 0.25) is 0 Å². The van der Waals surface area contributed by atoms with Gasteiger partial charge in [0.15, 0.2) is 0 Å². The summed E-state index contributed by atoms with van der Waals surface area (Å²) in [5, 5.41) is 16.6. The Kier molecular flexibility index (Phi) is 7.04. The molecule has 0 aliphatic heterocycles. The summed E-state index contributed by atoms with van der Waals surface area (Å²) < 4.78 is 4.38. The quantitative estimate of drug-likeness (QED) is 0.518. The number of benzene rings is 1. The SMILES string of the molecule is OB(O)OC=Cc1ccccc1.[NaH]. The Balaban J connectivity index is 0.00000144. The fourth-order valence-electron chi connectivity index (χ4n) is 0.752. The number of hydrogen-bond donors (Lipinski definition) is 2. The van der Waals surface area contributed by atoms with Gasteiger partial charge in [0.25, 0.3) is 0 Å². The van der Waals surface area contributed by atoms with E-state index in [9.17, 15) is 0 Å². The Morgan fingerprint density at radius 1 is 1.15 bits per heavy atom. The van der Waals surface area contributed by atoms with Gasteiger partial charge in [0.05, 0.1) is 6.26 Å². The summed E-state index contributed by atoms with van der Waals surface area (Å²) in [6.45, 7) is 0. The van der Waals surface area contributed by atoms with Gasteiger partial charge in [0, 0.05) is 0 Å². The molecule has 0 aliphatic rings. The second-order valence-corrected chi connectivity index (χ2v) is 2.18. The van der Waals surface area contributed by atoms with Crippen molar-refractivity contribution in [2.45, 2.75) is 0 Å². The van der Waals surface area contributed by atoms with E-state index in [4.69, 9.17) is 10.0 Å². The summed E-state index contributed by atoms with van der Waals surface area (Å²) in [6.07, 6.45) is 2.87. The van der Waals surface area contributed by atoms with Crippen LogP contribution >= 0.6 is 0 Å². The second kappa shape index (κ2) is 7.18. The van der Waals surface area contributed by atoms with Crippen LogP contribution in [0.3, 0.4) is 0 Å². The Morgan fingerprint density at radius 3 is 2.31 bits per heavy atom. The normalized spacial score (nSPS) is 9.38. The van der Waals surface area contributed by atoms with Gasteiger partial charge in [-0.15, -0.1) is 0 Å². The first kappa shape index (κ1) is 12.7. The molecule has 64 valence electrons. The zero-order chi connectivity index (χ0) is 8.81. The fraction of sp³-hybridized carbons (Fsp3) is 0. The van der Waals surface area contributed by atoms with Crippen LogP contribution in [0, 0.1) is 0 Å². The van der Waals surface area contributed by atoms with Gasteiger partial charge >= 0.3 is 36.9 Å².